The number of aromatic nitrogens is 2. The molecule has 0 radical (unpaired) electrons. The van der Waals surface area contributed by atoms with Gasteiger partial charge < -0.3 is 14.6 Å². The minimum atomic E-state index is -0.683. The Bertz CT molecular complexity index is 386. The molecule has 0 atom stereocenters. The van der Waals surface area contributed by atoms with Crippen molar-refractivity contribution in [2.75, 3.05) is 37.9 Å². The van der Waals surface area contributed by atoms with Gasteiger partial charge in [0.15, 0.2) is 6.08 Å². The molecule has 8 nitrogen and oxygen atoms in total. The average Bonchev–Trinajstić information content (AvgIpc) is 2.79. The van der Waals surface area contributed by atoms with Crippen molar-refractivity contribution in [1.82, 2.24) is 5.27 Å². The van der Waals surface area contributed by atoms with Crippen LogP contribution in [0.2, 0.25) is 0 Å². The molecule has 94 valence electrons. The number of ether oxygens (including phenoxy) is 2. The van der Waals surface area contributed by atoms with E-state index < -0.39 is 6.08 Å². The van der Waals surface area contributed by atoms with Crippen molar-refractivity contribution in [2.24, 2.45) is 4.99 Å². The molecule has 2 rings (SSSR count). The Morgan fingerprint density at radius 3 is 3.12 bits per heavy atom. The van der Waals surface area contributed by atoms with Crippen LogP contribution in [0.5, 0.6) is 0 Å². The van der Waals surface area contributed by atoms with Gasteiger partial charge in [-0.25, -0.2) is 0 Å². The Labute approximate surface area is 98.0 Å². The van der Waals surface area contributed by atoms with Gasteiger partial charge in [-0.1, -0.05) is 6.92 Å². The molecule has 1 aromatic rings. The molecule has 1 aliphatic rings. The molecule has 0 aliphatic carbocycles. The van der Waals surface area contributed by atoms with Gasteiger partial charge in [-0.2, -0.15) is 4.99 Å². The Hall–Kier alpha value is -1.83. The van der Waals surface area contributed by atoms with Crippen LogP contribution in [0.1, 0.15) is 6.92 Å². The number of hydrogen-bond donors (Lipinski definition) is 0. The lowest BCUT2D eigenvalue weighted by molar-refractivity contribution is -0.759. The summed E-state index contributed by atoms with van der Waals surface area (Å²) in [5, 5.41) is 16.8. The van der Waals surface area contributed by atoms with E-state index in [1.54, 1.807) is 6.92 Å². The Balaban J connectivity index is 2.02. The molecular formula is C9H14N4O4. The fourth-order valence-electron chi connectivity index (χ4n) is 1.42. The van der Waals surface area contributed by atoms with E-state index in [2.05, 4.69) is 15.0 Å². The second kappa shape index (κ2) is 5.48. The van der Waals surface area contributed by atoms with Crippen LogP contribution in [0.3, 0.4) is 0 Å². The molecule has 0 bridgehead atoms. The molecule has 0 aromatic carbocycles. The second-order valence-corrected chi connectivity index (χ2v) is 3.34. The summed E-state index contributed by atoms with van der Waals surface area (Å²) in [6.07, 6.45) is 0.847. The van der Waals surface area contributed by atoms with Gasteiger partial charge in [0.25, 0.3) is 6.20 Å². The SMILES string of the molecule is CCO/C([O-])=[15N]/c1c[15n+](N2CCOCC2)[15n]o1. The van der Waals surface area contributed by atoms with E-state index >= 15 is 0 Å². The van der Waals surface area contributed by atoms with Crippen molar-refractivity contribution in [1.29, 1.82) is 0 Å². The lowest BCUT2D eigenvalue weighted by atomic mass is 10.5. The molecule has 0 N–H and O–H groups in total. The molecule has 0 saturated carbocycles. The van der Waals surface area contributed by atoms with Gasteiger partial charge in [0.05, 0.1) is 31.1 Å². The summed E-state index contributed by atoms with van der Waals surface area (Å²) in [7, 11) is 0. The summed E-state index contributed by atoms with van der Waals surface area (Å²) in [6, 6.07) is 0. The molecular weight excluding hydrogens is 231 g/mol. The Morgan fingerprint density at radius 1 is 1.65 bits per heavy atom. The van der Waals surface area contributed by atoms with Crippen LogP contribution in [0.15, 0.2) is 15.7 Å². The van der Waals surface area contributed by atoms with Crippen molar-refractivity contribution < 1.29 is 23.9 Å². The van der Waals surface area contributed by atoms with Gasteiger partial charge in [0.2, 0.25) is 5.27 Å². The highest BCUT2D eigenvalue weighted by atomic mass is 16.8. The Kier molecular flexibility index (Phi) is 3.76. The predicted molar refractivity (Wildman–Crippen MR) is 54.2 cm³/mol. The maximum atomic E-state index is 11.1. The van der Waals surface area contributed by atoms with E-state index in [1.165, 1.54) is 11.0 Å². The zero-order valence-corrected chi connectivity index (χ0v) is 9.53. The molecule has 0 spiro atoms. The zero-order valence-electron chi connectivity index (χ0n) is 9.53. The quantitative estimate of drug-likeness (QED) is 0.273. The van der Waals surface area contributed by atoms with Crippen molar-refractivity contribution >= 4 is 12.0 Å². The van der Waals surface area contributed by atoms with E-state index in [0.29, 0.717) is 13.2 Å². The lowest BCUT2D eigenvalue weighted by Gasteiger charge is -2.18. The first-order chi connectivity index (χ1) is 8.29. The van der Waals surface area contributed by atoms with Gasteiger partial charge in [-0.3, -0.25) is 4.52 Å². The fraction of sp³-hybridized carbons (Fsp3) is 0.667. The van der Waals surface area contributed by atoms with Crippen LogP contribution in [-0.4, -0.2) is 44.3 Å². The van der Waals surface area contributed by atoms with Crippen LogP contribution in [0.4, 0.5) is 5.88 Å². The van der Waals surface area contributed by atoms with E-state index in [0.717, 1.165) is 13.1 Å². The summed E-state index contributed by atoms with van der Waals surface area (Å²) in [6.45, 7) is 4.71. The number of nitrogens with zero attached hydrogens (tertiary/aromatic N) is 4. The number of rotatable bonds is 3. The molecule has 2 heterocycles. The molecule has 1 aromatic heterocycles. The summed E-state index contributed by atoms with van der Waals surface area (Å²) in [5.41, 5.74) is 0. The third-order valence-electron chi connectivity index (χ3n) is 2.19. The summed E-state index contributed by atoms with van der Waals surface area (Å²) in [5.74, 6) is 0.120. The maximum Gasteiger partial charge on any atom is 0.326 e. The van der Waals surface area contributed by atoms with Crippen LogP contribution < -0.4 is 14.9 Å². The normalized spacial score (nSPS) is 17.2. The van der Waals surface area contributed by atoms with E-state index in [4.69, 9.17) is 9.26 Å². The fourth-order valence-corrected chi connectivity index (χ4v) is 1.42. The van der Waals surface area contributed by atoms with Crippen molar-refractivity contribution in [3.05, 3.63) is 6.20 Å². The monoisotopic (exact) mass is 245 g/mol. The molecule has 1 saturated heterocycles. The average molecular weight is 245 g/mol. The third kappa shape index (κ3) is 3.06. The third-order valence-corrected chi connectivity index (χ3v) is 2.19. The van der Waals surface area contributed by atoms with Crippen molar-refractivity contribution in [2.45, 2.75) is 6.92 Å². The number of hydrogen-bond acceptors (Lipinski definition) is 7. The largest absolute Gasteiger partial charge is 0.600 e. The summed E-state index contributed by atoms with van der Waals surface area (Å²) >= 11 is 0. The topological polar surface area (TPSA) is 87.0 Å². The lowest BCUT2D eigenvalue weighted by Crippen LogP contribution is -2.62. The first-order valence-electron chi connectivity index (χ1n) is 5.39. The second-order valence-electron chi connectivity index (χ2n) is 3.34. The highest BCUT2D eigenvalue weighted by Crippen LogP contribution is 2.06. The van der Waals surface area contributed by atoms with Crippen molar-refractivity contribution in [3.8, 4) is 0 Å². The zero-order chi connectivity index (χ0) is 12.1. The standard InChI is InChI=1S/C9H14N4O4/c1-2-16-9(14)10-8-7-13(11-17-8)12-3-5-15-6-4-12/h7H,2-6H2,1H3/i10+1,11+1,13+1. The predicted octanol–water partition coefficient (Wildman–Crippen LogP) is -1.69. The van der Waals surface area contributed by atoms with Gasteiger partial charge >= 0.3 is 5.88 Å². The number of aliphatic imine (C=N–C) groups is 1. The van der Waals surface area contributed by atoms with Gasteiger partial charge in [-0.15, -0.1) is 5.01 Å². The van der Waals surface area contributed by atoms with Crippen molar-refractivity contribution in [3.63, 3.8) is 0 Å². The molecule has 0 amide bonds. The molecule has 1 fully saturated rings. The van der Waals surface area contributed by atoms with Gasteiger partial charge in [0, 0.05) is 0 Å². The smallest absolute Gasteiger partial charge is 0.326 e. The minimum absolute atomic E-state index is 0.120. The van der Waals surface area contributed by atoms with Gasteiger partial charge in [0.1, 0.15) is 0 Å². The Morgan fingerprint density at radius 2 is 2.41 bits per heavy atom. The summed E-state index contributed by atoms with van der Waals surface area (Å²) < 4.78 is 14.8. The molecule has 8 heteroatoms. The highest BCUT2D eigenvalue weighted by molar-refractivity contribution is 5.64. The first kappa shape index (κ1) is 11.6. The highest BCUT2D eigenvalue weighted by Gasteiger charge is 2.22. The molecule has 0 unspecified atom stereocenters. The van der Waals surface area contributed by atoms with Crippen LogP contribution in [-0.2, 0) is 9.47 Å². The minimum Gasteiger partial charge on any atom is -0.600 e. The van der Waals surface area contributed by atoms with Crippen LogP contribution in [0.25, 0.3) is 0 Å². The van der Waals surface area contributed by atoms with Crippen LogP contribution in [0, 0.1) is 0 Å². The molecule has 1 aliphatic heterocycles. The molecule has 17 heavy (non-hydrogen) atoms. The van der Waals surface area contributed by atoms with E-state index in [-0.39, 0.29) is 12.5 Å². The van der Waals surface area contributed by atoms with Gasteiger partial charge in [-0.05, 0) is 6.61 Å². The van der Waals surface area contributed by atoms with E-state index in [1.807, 2.05) is 5.01 Å². The number of morpholine rings is 1. The van der Waals surface area contributed by atoms with E-state index in [9.17, 15) is 5.11 Å². The summed E-state index contributed by atoms with van der Waals surface area (Å²) in [4.78, 5) is 5.11. The maximum absolute atomic E-state index is 11.1. The van der Waals surface area contributed by atoms with Crippen LogP contribution >= 0.6 is 0 Å². The first-order valence-corrected chi connectivity index (χ1v) is 5.39.